The quantitative estimate of drug-likeness (QED) is 0.243. The highest BCUT2D eigenvalue weighted by molar-refractivity contribution is 9.13. The van der Waals surface area contributed by atoms with Gasteiger partial charge in [0.25, 0.3) is 5.91 Å². The maximum absolute atomic E-state index is 12.7. The fourth-order valence-corrected chi connectivity index (χ4v) is 4.64. The van der Waals surface area contributed by atoms with Crippen molar-refractivity contribution in [1.29, 1.82) is 0 Å². The molecule has 0 saturated heterocycles. The molecule has 30 heavy (non-hydrogen) atoms. The monoisotopic (exact) mass is 592 g/mol. The van der Waals surface area contributed by atoms with Crippen molar-refractivity contribution >= 4 is 70.5 Å². The van der Waals surface area contributed by atoms with E-state index in [1.165, 1.54) is 6.07 Å². The zero-order valence-electron chi connectivity index (χ0n) is 15.9. The Hall–Kier alpha value is -2.16. The molecule has 0 fully saturated rings. The number of carbonyl (C=O) groups excluding carboxylic acids is 1. The van der Waals surface area contributed by atoms with Gasteiger partial charge in [0.05, 0.1) is 11.1 Å². The first kappa shape index (κ1) is 21.1. The number of hydrogen-bond acceptors (Lipinski definition) is 4. The average Bonchev–Trinajstić information content (AvgIpc) is 3.07. The minimum atomic E-state index is -0.316. The van der Waals surface area contributed by atoms with Gasteiger partial charge in [0.1, 0.15) is 11.3 Å². The molecule has 0 aliphatic heterocycles. The van der Waals surface area contributed by atoms with Crippen LogP contribution >= 0.6 is 47.8 Å². The van der Waals surface area contributed by atoms with E-state index in [-0.39, 0.29) is 11.7 Å². The maximum atomic E-state index is 12.7. The summed E-state index contributed by atoms with van der Waals surface area (Å²) in [6, 6.07) is 12.3. The van der Waals surface area contributed by atoms with Crippen molar-refractivity contribution in [2.24, 2.45) is 0 Å². The van der Waals surface area contributed by atoms with Gasteiger partial charge >= 0.3 is 0 Å². The Balaban J connectivity index is 1.63. The Kier molecular flexibility index (Phi) is 5.74. The maximum Gasteiger partial charge on any atom is 0.256 e. The van der Waals surface area contributed by atoms with Gasteiger partial charge in [0.2, 0.25) is 5.89 Å². The third-order valence-corrected chi connectivity index (χ3v) is 7.20. The number of halogens is 3. The van der Waals surface area contributed by atoms with Crippen LogP contribution < -0.4 is 5.32 Å². The molecule has 0 saturated carbocycles. The number of phenolic OH excluding ortho intramolecular Hbond substituents is 1. The van der Waals surface area contributed by atoms with Gasteiger partial charge in [0, 0.05) is 25.2 Å². The Morgan fingerprint density at radius 2 is 1.77 bits per heavy atom. The molecular formula is C22H15Br3N2O3. The van der Waals surface area contributed by atoms with Crippen molar-refractivity contribution in [2.45, 2.75) is 13.8 Å². The van der Waals surface area contributed by atoms with E-state index in [1.807, 2.05) is 32.0 Å². The SMILES string of the molecule is Cc1cc2nc(-c3ccc(NC(=O)c4cc(Br)cc(Br)c4Br)cc3O)oc2cc1C. The number of nitrogens with zero attached hydrogens (tertiary/aromatic N) is 1. The Morgan fingerprint density at radius 3 is 2.50 bits per heavy atom. The van der Waals surface area contributed by atoms with E-state index in [4.69, 9.17) is 4.42 Å². The van der Waals surface area contributed by atoms with E-state index in [2.05, 4.69) is 58.1 Å². The van der Waals surface area contributed by atoms with E-state index in [0.717, 1.165) is 25.6 Å². The molecule has 5 nitrogen and oxygen atoms in total. The molecule has 0 unspecified atom stereocenters. The number of oxazole rings is 1. The van der Waals surface area contributed by atoms with Gasteiger partial charge in [-0.3, -0.25) is 4.79 Å². The van der Waals surface area contributed by atoms with Crippen LogP contribution in [-0.2, 0) is 0 Å². The van der Waals surface area contributed by atoms with Crippen LogP contribution in [0.3, 0.4) is 0 Å². The van der Waals surface area contributed by atoms with Crippen LogP contribution in [0.1, 0.15) is 21.5 Å². The standard InChI is InChI=1S/C22H15Br3N2O3/c1-10-5-17-19(6-11(10)2)30-22(27-17)14-4-3-13(9-18(14)28)26-21(29)15-7-12(23)8-16(24)20(15)25/h3-9,28H,1-2H3,(H,26,29). The Morgan fingerprint density at radius 1 is 1.03 bits per heavy atom. The molecule has 4 aromatic rings. The van der Waals surface area contributed by atoms with Crippen molar-refractivity contribution in [3.05, 3.63) is 72.6 Å². The molecule has 0 aliphatic carbocycles. The van der Waals surface area contributed by atoms with Gasteiger partial charge in [-0.15, -0.1) is 0 Å². The molecule has 1 heterocycles. The number of aromatic nitrogens is 1. The summed E-state index contributed by atoms with van der Waals surface area (Å²) in [5, 5.41) is 13.3. The number of amides is 1. The summed E-state index contributed by atoms with van der Waals surface area (Å²) >= 11 is 10.2. The van der Waals surface area contributed by atoms with E-state index in [9.17, 15) is 9.90 Å². The van der Waals surface area contributed by atoms with E-state index < -0.39 is 0 Å². The Bertz CT molecular complexity index is 1280. The highest BCUT2D eigenvalue weighted by atomic mass is 79.9. The largest absolute Gasteiger partial charge is 0.507 e. The minimum Gasteiger partial charge on any atom is -0.507 e. The van der Waals surface area contributed by atoms with Crippen LogP contribution in [0.4, 0.5) is 5.69 Å². The lowest BCUT2D eigenvalue weighted by Gasteiger charge is -2.10. The van der Waals surface area contributed by atoms with Crippen molar-refractivity contribution in [3.63, 3.8) is 0 Å². The lowest BCUT2D eigenvalue weighted by atomic mass is 10.1. The second kappa shape index (κ2) is 8.17. The number of carbonyl (C=O) groups is 1. The molecule has 3 aromatic carbocycles. The lowest BCUT2D eigenvalue weighted by Crippen LogP contribution is -2.12. The third kappa shape index (κ3) is 4.04. The summed E-state index contributed by atoms with van der Waals surface area (Å²) in [7, 11) is 0. The van der Waals surface area contributed by atoms with Crippen LogP contribution in [-0.4, -0.2) is 16.0 Å². The molecule has 2 N–H and O–H groups in total. The van der Waals surface area contributed by atoms with E-state index in [0.29, 0.717) is 32.8 Å². The third-order valence-electron chi connectivity index (χ3n) is 4.73. The predicted molar refractivity (Wildman–Crippen MR) is 128 cm³/mol. The fourth-order valence-electron chi connectivity index (χ4n) is 3.01. The summed E-state index contributed by atoms with van der Waals surface area (Å²) in [5.41, 5.74) is 4.97. The Labute approximate surface area is 197 Å². The van der Waals surface area contributed by atoms with Gasteiger partial charge < -0.3 is 14.8 Å². The number of fused-ring (bicyclic) bond motifs is 1. The molecule has 0 bridgehead atoms. The molecule has 1 aromatic heterocycles. The van der Waals surface area contributed by atoms with Gasteiger partial charge in [0.15, 0.2) is 5.58 Å². The number of anilines is 1. The van der Waals surface area contributed by atoms with Crippen LogP contribution in [0.2, 0.25) is 0 Å². The van der Waals surface area contributed by atoms with Gasteiger partial charge in [-0.05, 0) is 93.2 Å². The first-order valence-electron chi connectivity index (χ1n) is 8.90. The summed E-state index contributed by atoms with van der Waals surface area (Å²) in [6.45, 7) is 4.02. The number of hydrogen-bond donors (Lipinski definition) is 2. The molecule has 8 heteroatoms. The van der Waals surface area contributed by atoms with E-state index >= 15 is 0 Å². The normalized spacial score (nSPS) is 11.1. The van der Waals surface area contributed by atoms with E-state index in [1.54, 1.807) is 18.2 Å². The van der Waals surface area contributed by atoms with Gasteiger partial charge in [-0.1, -0.05) is 15.9 Å². The number of nitrogens with one attached hydrogen (secondary N) is 1. The average molecular weight is 595 g/mol. The molecule has 1 amide bonds. The molecule has 0 spiro atoms. The van der Waals surface area contributed by atoms with Crippen molar-refractivity contribution in [1.82, 2.24) is 4.98 Å². The molecule has 0 aliphatic rings. The van der Waals surface area contributed by atoms with Crippen LogP contribution in [0.15, 0.2) is 60.3 Å². The second-order valence-electron chi connectivity index (χ2n) is 6.86. The van der Waals surface area contributed by atoms with Crippen LogP contribution in [0.25, 0.3) is 22.6 Å². The van der Waals surface area contributed by atoms with Crippen molar-refractivity contribution in [3.8, 4) is 17.2 Å². The lowest BCUT2D eigenvalue weighted by molar-refractivity contribution is 0.102. The number of rotatable bonds is 3. The fraction of sp³-hybridized carbons (Fsp3) is 0.0909. The number of benzene rings is 3. The van der Waals surface area contributed by atoms with Gasteiger partial charge in [-0.25, -0.2) is 4.98 Å². The molecule has 4 rings (SSSR count). The highest BCUT2D eigenvalue weighted by Crippen LogP contribution is 2.35. The number of phenols is 1. The second-order valence-corrected chi connectivity index (χ2v) is 9.42. The zero-order valence-corrected chi connectivity index (χ0v) is 20.6. The summed E-state index contributed by atoms with van der Waals surface area (Å²) in [5.74, 6) is -0.0323. The predicted octanol–water partition coefficient (Wildman–Crippen LogP) is 7.36. The summed E-state index contributed by atoms with van der Waals surface area (Å²) in [4.78, 5) is 17.2. The molecular weight excluding hydrogens is 580 g/mol. The van der Waals surface area contributed by atoms with Gasteiger partial charge in [-0.2, -0.15) is 0 Å². The first-order chi connectivity index (χ1) is 14.2. The smallest absolute Gasteiger partial charge is 0.256 e. The van der Waals surface area contributed by atoms with Crippen molar-refractivity contribution in [2.75, 3.05) is 5.32 Å². The highest BCUT2D eigenvalue weighted by Gasteiger charge is 2.17. The number of aromatic hydroxyl groups is 1. The zero-order chi connectivity index (χ0) is 21.6. The topological polar surface area (TPSA) is 75.4 Å². The van der Waals surface area contributed by atoms with Crippen LogP contribution in [0, 0.1) is 13.8 Å². The molecule has 0 atom stereocenters. The van der Waals surface area contributed by atoms with Crippen LogP contribution in [0.5, 0.6) is 5.75 Å². The molecule has 152 valence electrons. The minimum absolute atomic E-state index is 0.0395. The summed E-state index contributed by atoms with van der Waals surface area (Å²) < 4.78 is 7.99. The summed E-state index contributed by atoms with van der Waals surface area (Å²) in [6.07, 6.45) is 0. The first-order valence-corrected chi connectivity index (χ1v) is 11.3. The van der Waals surface area contributed by atoms with Crippen molar-refractivity contribution < 1.29 is 14.3 Å². The molecule has 0 radical (unpaired) electrons. The number of aryl methyl sites for hydroxylation is 2.